The van der Waals surface area contributed by atoms with Crippen molar-refractivity contribution in [3.63, 3.8) is 0 Å². The maximum Gasteiger partial charge on any atom is 0.0234 e. The van der Waals surface area contributed by atoms with Crippen LogP contribution >= 0.6 is 11.3 Å². The average Bonchev–Trinajstić information content (AvgIpc) is 3.12. The van der Waals surface area contributed by atoms with Crippen LogP contribution in [0.1, 0.15) is 17.5 Å². The van der Waals surface area contributed by atoms with Crippen molar-refractivity contribution in [2.24, 2.45) is 0 Å². The Morgan fingerprint density at radius 2 is 2.05 bits per heavy atom. The number of hydrogen-bond acceptors (Lipinski definition) is 3. The van der Waals surface area contributed by atoms with Crippen molar-refractivity contribution in [2.45, 2.75) is 25.4 Å². The number of nitrogens with zero attached hydrogens (tertiary/aromatic N) is 1. The van der Waals surface area contributed by atoms with Gasteiger partial charge in [-0.05, 0) is 47.3 Å². The van der Waals surface area contributed by atoms with Gasteiger partial charge in [-0.25, -0.2) is 0 Å². The van der Waals surface area contributed by atoms with E-state index in [1.165, 1.54) is 30.6 Å². The second kappa shape index (κ2) is 7.02. The zero-order valence-electron chi connectivity index (χ0n) is 11.8. The third-order valence-electron chi connectivity index (χ3n) is 3.95. The molecule has 2 heterocycles. The van der Waals surface area contributed by atoms with Crippen LogP contribution in [0, 0.1) is 0 Å². The minimum atomic E-state index is 0.664. The molecule has 1 N–H and O–H groups in total. The molecule has 2 aromatic rings. The Bertz CT molecular complexity index is 495. The van der Waals surface area contributed by atoms with Crippen molar-refractivity contribution in [1.29, 1.82) is 0 Å². The summed E-state index contributed by atoms with van der Waals surface area (Å²) in [6.07, 6.45) is 2.43. The van der Waals surface area contributed by atoms with Gasteiger partial charge in [0.2, 0.25) is 0 Å². The molecule has 106 valence electrons. The van der Waals surface area contributed by atoms with Crippen LogP contribution in [0.25, 0.3) is 0 Å². The van der Waals surface area contributed by atoms with E-state index in [4.69, 9.17) is 0 Å². The first-order chi connectivity index (χ1) is 9.90. The van der Waals surface area contributed by atoms with Crippen LogP contribution in [0.15, 0.2) is 47.2 Å². The Kier molecular flexibility index (Phi) is 4.85. The normalized spacial score (nSPS) is 19.5. The van der Waals surface area contributed by atoms with Gasteiger partial charge in [0.15, 0.2) is 0 Å². The van der Waals surface area contributed by atoms with E-state index < -0.39 is 0 Å². The van der Waals surface area contributed by atoms with E-state index >= 15 is 0 Å². The lowest BCUT2D eigenvalue weighted by Crippen LogP contribution is -2.33. The minimum absolute atomic E-state index is 0.664. The fourth-order valence-corrected chi connectivity index (χ4v) is 3.54. The lowest BCUT2D eigenvalue weighted by atomic mass is 10.2. The van der Waals surface area contributed by atoms with E-state index in [1.807, 2.05) is 0 Å². The Labute approximate surface area is 125 Å². The fourth-order valence-electron chi connectivity index (χ4n) is 2.84. The standard InChI is InChI=1S/C17H22N2S/c1-2-4-15(5-3-1)12-19-10-7-17(13-19)18-9-6-16-8-11-20-14-16/h1-5,8,11,14,17-18H,6-7,9-10,12-13H2. The lowest BCUT2D eigenvalue weighted by Gasteiger charge is -2.16. The number of hydrogen-bond donors (Lipinski definition) is 1. The van der Waals surface area contributed by atoms with Gasteiger partial charge in [-0.15, -0.1) is 0 Å². The highest BCUT2D eigenvalue weighted by atomic mass is 32.1. The van der Waals surface area contributed by atoms with Crippen LogP contribution in [-0.2, 0) is 13.0 Å². The molecule has 1 aromatic heterocycles. The molecule has 0 aliphatic carbocycles. The molecule has 1 aliphatic rings. The summed E-state index contributed by atoms with van der Waals surface area (Å²) in [5.41, 5.74) is 2.88. The van der Waals surface area contributed by atoms with Crippen LogP contribution in [0.4, 0.5) is 0 Å². The average molecular weight is 286 g/mol. The number of benzene rings is 1. The number of nitrogens with one attached hydrogen (secondary N) is 1. The van der Waals surface area contributed by atoms with Crippen LogP contribution in [0.2, 0.25) is 0 Å². The number of likely N-dealkylation sites (tertiary alicyclic amines) is 1. The molecule has 3 heteroatoms. The molecule has 0 amide bonds. The molecule has 0 spiro atoms. The zero-order valence-corrected chi connectivity index (χ0v) is 12.6. The van der Waals surface area contributed by atoms with E-state index in [9.17, 15) is 0 Å². The van der Waals surface area contributed by atoms with Crippen LogP contribution in [0.5, 0.6) is 0 Å². The van der Waals surface area contributed by atoms with Gasteiger partial charge in [-0.1, -0.05) is 30.3 Å². The minimum Gasteiger partial charge on any atom is -0.312 e. The van der Waals surface area contributed by atoms with E-state index in [0.29, 0.717) is 6.04 Å². The molecule has 0 saturated carbocycles. The van der Waals surface area contributed by atoms with E-state index in [2.05, 4.69) is 57.4 Å². The van der Waals surface area contributed by atoms with Crippen LogP contribution in [0.3, 0.4) is 0 Å². The molecule has 1 saturated heterocycles. The van der Waals surface area contributed by atoms with E-state index in [-0.39, 0.29) is 0 Å². The van der Waals surface area contributed by atoms with Crippen molar-refractivity contribution < 1.29 is 0 Å². The molecule has 1 atom stereocenters. The van der Waals surface area contributed by atoms with Gasteiger partial charge < -0.3 is 5.32 Å². The fraction of sp³-hybridized carbons (Fsp3) is 0.412. The van der Waals surface area contributed by atoms with Crippen molar-refractivity contribution in [1.82, 2.24) is 10.2 Å². The van der Waals surface area contributed by atoms with Gasteiger partial charge >= 0.3 is 0 Å². The monoisotopic (exact) mass is 286 g/mol. The lowest BCUT2D eigenvalue weighted by molar-refractivity contribution is 0.320. The van der Waals surface area contributed by atoms with Gasteiger partial charge in [0.1, 0.15) is 0 Å². The summed E-state index contributed by atoms with van der Waals surface area (Å²) in [6.45, 7) is 4.58. The largest absolute Gasteiger partial charge is 0.312 e. The third-order valence-corrected chi connectivity index (χ3v) is 4.68. The molecule has 2 nitrogen and oxygen atoms in total. The molecule has 1 aromatic carbocycles. The predicted octanol–water partition coefficient (Wildman–Crippen LogP) is 3.15. The predicted molar refractivity (Wildman–Crippen MR) is 86.1 cm³/mol. The third kappa shape index (κ3) is 3.92. The summed E-state index contributed by atoms with van der Waals surface area (Å²) in [5, 5.41) is 8.11. The topological polar surface area (TPSA) is 15.3 Å². The molecule has 20 heavy (non-hydrogen) atoms. The van der Waals surface area contributed by atoms with Gasteiger partial charge in [0.05, 0.1) is 0 Å². The van der Waals surface area contributed by atoms with Gasteiger partial charge in [0, 0.05) is 25.7 Å². The summed E-state index contributed by atoms with van der Waals surface area (Å²) in [7, 11) is 0. The maximum atomic E-state index is 3.70. The first-order valence-electron chi connectivity index (χ1n) is 7.41. The summed E-state index contributed by atoms with van der Waals surface area (Å²) >= 11 is 1.79. The molecule has 3 rings (SSSR count). The van der Waals surface area contributed by atoms with Crippen LogP contribution < -0.4 is 5.32 Å². The summed E-state index contributed by atoms with van der Waals surface area (Å²) in [4.78, 5) is 2.55. The second-order valence-corrected chi connectivity index (χ2v) is 6.32. The quantitative estimate of drug-likeness (QED) is 0.877. The Morgan fingerprint density at radius 3 is 2.85 bits per heavy atom. The molecule has 0 bridgehead atoms. The SMILES string of the molecule is c1ccc(CN2CCC(NCCc3ccsc3)C2)cc1. The highest BCUT2D eigenvalue weighted by molar-refractivity contribution is 7.07. The first-order valence-corrected chi connectivity index (χ1v) is 8.35. The molecule has 1 aliphatic heterocycles. The van der Waals surface area contributed by atoms with Gasteiger partial charge in [-0.2, -0.15) is 11.3 Å². The summed E-state index contributed by atoms with van der Waals surface area (Å²) in [5.74, 6) is 0. The van der Waals surface area contributed by atoms with Crippen LogP contribution in [-0.4, -0.2) is 30.6 Å². The Balaban J connectivity index is 1.38. The molecular formula is C17H22N2S. The molecule has 1 unspecified atom stereocenters. The number of rotatable bonds is 6. The number of thiophene rings is 1. The highest BCUT2D eigenvalue weighted by Crippen LogP contribution is 2.13. The van der Waals surface area contributed by atoms with Crippen molar-refractivity contribution in [3.05, 3.63) is 58.3 Å². The van der Waals surface area contributed by atoms with Crippen molar-refractivity contribution >= 4 is 11.3 Å². The molecule has 1 fully saturated rings. The van der Waals surface area contributed by atoms with Gasteiger partial charge in [0.25, 0.3) is 0 Å². The Morgan fingerprint density at radius 1 is 1.15 bits per heavy atom. The van der Waals surface area contributed by atoms with E-state index in [0.717, 1.165) is 19.5 Å². The summed E-state index contributed by atoms with van der Waals surface area (Å²) < 4.78 is 0. The summed E-state index contributed by atoms with van der Waals surface area (Å²) in [6, 6.07) is 13.7. The van der Waals surface area contributed by atoms with Crippen molar-refractivity contribution in [2.75, 3.05) is 19.6 Å². The van der Waals surface area contributed by atoms with Gasteiger partial charge in [-0.3, -0.25) is 4.90 Å². The maximum absolute atomic E-state index is 3.70. The smallest absolute Gasteiger partial charge is 0.0234 e. The Hall–Kier alpha value is -1.16. The van der Waals surface area contributed by atoms with E-state index in [1.54, 1.807) is 11.3 Å². The van der Waals surface area contributed by atoms with Crippen molar-refractivity contribution in [3.8, 4) is 0 Å². The highest BCUT2D eigenvalue weighted by Gasteiger charge is 2.21. The molecule has 0 radical (unpaired) electrons. The zero-order chi connectivity index (χ0) is 13.6. The molecular weight excluding hydrogens is 264 g/mol. The second-order valence-electron chi connectivity index (χ2n) is 5.54. The first kappa shape index (κ1) is 13.8.